The van der Waals surface area contributed by atoms with Crippen LogP contribution in [0.4, 0.5) is 16.0 Å². The Morgan fingerprint density at radius 1 is 1.00 bits per heavy atom. The first kappa shape index (κ1) is 18.7. The summed E-state index contributed by atoms with van der Waals surface area (Å²) in [6.45, 7) is 4.16. The van der Waals surface area contributed by atoms with Crippen molar-refractivity contribution in [1.82, 2.24) is 15.3 Å². The van der Waals surface area contributed by atoms with Gasteiger partial charge in [-0.2, -0.15) is 0 Å². The molecule has 0 spiro atoms. The zero-order valence-electron chi connectivity index (χ0n) is 16.0. The summed E-state index contributed by atoms with van der Waals surface area (Å²) in [6.07, 6.45) is 7.83. The van der Waals surface area contributed by atoms with Gasteiger partial charge in [0.25, 0.3) is 0 Å². The summed E-state index contributed by atoms with van der Waals surface area (Å²) >= 11 is 0. The molecule has 1 aromatic carbocycles. The summed E-state index contributed by atoms with van der Waals surface area (Å²) in [5, 5.41) is 2.97. The van der Waals surface area contributed by atoms with E-state index in [9.17, 15) is 9.18 Å². The van der Waals surface area contributed by atoms with Crippen LogP contribution in [0.3, 0.4) is 0 Å². The Morgan fingerprint density at radius 2 is 1.64 bits per heavy atom. The average Bonchev–Trinajstić information content (AvgIpc) is 3.28. The second-order valence-corrected chi connectivity index (χ2v) is 7.54. The molecule has 2 aromatic rings. The van der Waals surface area contributed by atoms with Gasteiger partial charge < -0.3 is 15.1 Å². The van der Waals surface area contributed by atoms with E-state index >= 15 is 0 Å². The van der Waals surface area contributed by atoms with Gasteiger partial charge in [-0.15, -0.1) is 0 Å². The summed E-state index contributed by atoms with van der Waals surface area (Å²) in [5.41, 5.74) is 1.93. The normalized spacial score (nSPS) is 17.8. The fraction of sp³-hybridized carbons (Fsp3) is 0.476. The average molecular weight is 383 g/mol. The predicted molar refractivity (Wildman–Crippen MR) is 107 cm³/mol. The van der Waals surface area contributed by atoms with Crippen LogP contribution >= 0.6 is 0 Å². The molecule has 0 bridgehead atoms. The number of benzene rings is 1. The highest BCUT2D eigenvalue weighted by Gasteiger charge is 2.25. The predicted octanol–water partition coefficient (Wildman–Crippen LogP) is 2.75. The van der Waals surface area contributed by atoms with Crippen molar-refractivity contribution in [1.29, 1.82) is 0 Å². The molecule has 0 unspecified atom stereocenters. The van der Waals surface area contributed by atoms with Gasteiger partial charge in [-0.25, -0.2) is 14.4 Å². The maximum absolute atomic E-state index is 13.0. The fourth-order valence-electron chi connectivity index (χ4n) is 3.89. The Labute approximate surface area is 164 Å². The van der Waals surface area contributed by atoms with Crippen molar-refractivity contribution < 1.29 is 9.18 Å². The van der Waals surface area contributed by atoms with E-state index in [1.165, 1.54) is 25.0 Å². The number of nitrogens with zero attached hydrogens (tertiary/aromatic N) is 4. The van der Waals surface area contributed by atoms with E-state index < -0.39 is 0 Å². The monoisotopic (exact) mass is 383 g/mol. The van der Waals surface area contributed by atoms with Gasteiger partial charge in [0.05, 0.1) is 18.1 Å². The molecule has 2 saturated heterocycles. The smallest absolute Gasteiger partial charge is 0.225 e. The van der Waals surface area contributed by atoms with Gasteiger partial charge in [0, 0.05) is 38.6 Å². The molecule has 0 radical (unpaired) electrons. The van der Waals surface area contributed by atoms with Gasteiger partial charge in [-0.1, -0.05) is 12.1 Å². The number of aromatic nitrogens is 2. The van der Waals surface area contributed by atoms with Gasteiger partial charge >= 0.3 is 0 Å². The molecule has 1 N–H and O–H groups in total. The van der Waals surface area contributed by atoms with Crippen molar-refractivity contribution in [3.8, 4) is 0 Å². The van der Waals surface area contributed by atoms with Crippen LogP contribution in [0.25, 0.3) is 0 Å². The van der Waals surface area contributed by atoms with E-state index in [0.29, 0.717) is 6.54 Å². The first-order chi connectivity index (χ1) is 13.7. The number of halogens is 1. The molecule has 0 aliphatic carbocycles. The highest BCUT2D eigenvalue weighted by Crippen LogP contribution is 2.24. The summed E-state index contributed by atoms with van der Waals surface area (Å²) in [6, 6.07) is 6.22. The number of anilines is 2. The lowest BCUT2D eigenvalue weighted by molar-refractivity contribution is -0.125. The maximum Gasteiger partial charge on any atom is 0.225 e. The number of nitrogens with one attached hydrogen (secondary N) is 1. The number of amides is 1. The molecule has 3 heterocycles. The lowest BCUT2D eigenvalue weighted by Gasteiger charge is -2.32. The molecule has 28 heavy (non-hydrogen) atoms. The van der Waals surface area contributed by atoms with E-state index in [1.54, 1.807) is 12.1 Å². The molecule has 1 amide bonds. The molecular formula is C21H26FN5O. The molecular weight excluding hydrogens is 357 g/mol. The van der Waals surface area contributed by atoms with E-state index in [4.69, 9.17) is 0 Å². The van der Waals surface area contributed by atoms with Gasteiger partial charge in [0.1, 0.15) is 5.82 Å². The molecule has 148 valence electrons. The third-order valence-electron chi connectivity index (χ3n) is 5.62. The van der Waals surface area contributed by atoms with Gasteiger partial charge in [0.2, 0.25) is 11.9 Å². The summed E-state index contributed by atoms with van der Waals surface area (Å²) in [7, 11) is 0. The van der Waals surface area contributed by atoms with Crippen LogP contribution in [0.15, 0.2) is 36.7 Å². The largest absolute Gasteiger partial charge is 0.369 e. The Hall–Kier alpha value is -2.70. The quantitative estimate of drug-likeness (QED) is 0.860. The van der Waals surface area contributed by atoms with Crippen LogP contribution in [0.2, 0.25) is 0 Å². The van der Waals surface area contributed by atoms with Crippen molar-refractivity contribution in [2.75, 3.05) is 36.0 Å². The van der Waals surface area contributed by atoms with Crippen molar-refractivity contribution >= 4 is 17.5 Å². The minimum Gasteiger partial charge on any atom is -0.369 e. The standard InChI is InChI=1S/C21H26FN5O/c22-18-5-3-16(4-6-18)13-23-20(28)17-7-11-26(12-8-17)19-14-24-21(25-15-19)27-9-1-2-10-27/h3-6,14-15,17H,1-2,7-13H2,(H,23,28). The third-order valence-corrected chi connectivity index (χ3v) is 5.62. The van der Waals surface area contributed by atoms with Crippen LogP contribution in [-0.2, 0) is 11.3 Å². The second-order valence-electron chi connectivity index (χ2n) is 7.54. The Morgan fingerprint density at radius 3 is 2.29 bits per heavy atom. The zero-order chi connectivity index (χ0) is 19.3. The molecule has 4 rings (SSSR count). The topological polar surface area (TPSA) is 61.4 Å². The molecule has 2 aliphatic heterocycles. The first-order valence-electron chi connectivity index (χ1n) is 10.0. The SMILES string of the molecule is O=C(NCc1ccc(F)cc1)C1CCN(c2cnc(N3CCCC3)nc2)CC1. The third kappa shape index (κ3) is 4.40. The molecule has 0 atom stereocenters. The zero-order valence-corrected chi connectivity index (χ0v) is 16.0. The van der Waals surface area contributed by atoms with E-state index in [1.807, 2.05) is 12.4 Å². The lowest BCUT2D eigenvalue weighted by Crippen LogP contribution is -2.40. The maximum atomic E-state index is 13.0. The van der Waals surface area contributed by atoms with E-state index in [0.717, 1.165) is 56.2 Å². The minimum absolute atomic E-state index is 0.0153. The number of piperidine rings is 1. The highest BCUT2D eigenvalue weighted by atomic mass is 19.1. The lowest BCUT2D eigenvalue weighted by atomic mass is 9.95. The molecule has 2 fully saturated rings. The van der Waals surface area contributed by atoms with Crippen molar-refractivity contribution in [3.05, 3.63) is 48.0 Å². The van der Waals surface area contributed by atoms with E-state index in [-0.39, 0.29) is 17.6 Å². The minimum atomic E-state index is -0.264. The first-order valence-corrected chi connectivity index (χ1v) is 10.0. The van der Waals surface area contributed by atoms with Gasteiger partial charge in [-0.3, -0.25) is 4.79 Å². The number of hydrogen-bond acceptors (Lipinski definition) is 5. The van der Waals surface area contributed by atoms with Crippen LogP contribution in [0, 0.1) is 11.7 Å². The van der Waals surface area contributed by atoms with Crippen LogP contribution in [0.1, 0.15) is 31.2 Å². The molecule has 2 aliphatic rings. The number of carbonyl (C=O) groups excluding carboxylic acids is 1. The van der Waals surface area contributed by atoms with Crippen molar-refractivity contribution in [2.24, 2.45) is 5.92 Å². The Kier molecular flexibility index (Phi) is 5.69. The van der Waals surface area contributed by atoms with Gasteiger partial charge in [-0.05, 0) is 43.4 Å². The molecule has 6 nitrogen and oxygen atoms in total. The van der Waals surface area contributed by atoms with Gasteiger partial charge in [0.15, 0.2) is 0 Å². The molecule has 1 aromatic heterocycles. The number of carbonyl (C=O) groups is 1. The molecule has 0 saturated carbocycles. The van der Waals surface area contributed by atoms with E-state index in [2.05, 4.69) is 25.1 Å². The van der Waals surface area contributed by atoms with Crippen molar-refractivity contribution in [2.45, 2.75) is 32.2 Å². The fourth-order valence-corrected chi connectivity index (χ4v) is 3.89. The number of hydrogen-bond donors (Lipinski definition) is 1. The number of rotatable bonds is 5. The summed E-state index contributed by atoms with van der Waals surface area (Å²) in [5.74, 6) is 0.641. The second kappa shape index (κ2) is 8.54. The Bertz CT molecular complexity index is 781. The van der Waals surface area contributed by atoms with Crippen LogP contribution in [0.5, 0.6) is 0 Å². The highest BCUT2D eigenvalue weighted by molar-refractivity contribution is 5.79. The Balaban J connectivity index is 1.25. The van der Waals surface area contributed by atoms with Crippen molar-refractivity contribution in [3.63, 3.8) is 0 Å². The summed E-state index contributed by atoms with van der Waals surface area (Å²) in [4.78, 5) is 26.0. The molecule has 7 heteroatoms. The van der Waals surface area contributed by atoms with Crippen LogP contribution in [-0.4, -0.2) is 42.1 Å². The summed E-state index contributed by atoms with van der Waals surface area (Å²) < 4.78 is 13.0. The van der Waals surface area contributed by atoms with Crippen LogP contribution < -0.4 is 15.1 Å².